The molecule has 0 atom stereocenters. The SMILES string of the molecule is O=C1NCCN1c1cnn(C2CN(Cc3ccccc3)C2)c1. The van der Waals surface area contributed by atoms with Gasteiger partial charge in [0.05, 0.1) is 17.9 Å². The zero-order valence-electron chi connectivity index (χ0n) is 12.4. The Bertz CT molecular complexity index is 662. The summed E-state index contributed by atoms with van der Waals surface area (Å²) in [6.07, 6.45) is 3.76. The molecule has 114 valence electrons. The second-order valence-corrected chi connectivity index (χ2v) is 5.90. The van der Waals surface area contributed by atoms with Gasteiger partial charge in [0.15, 0.2) is 0 Å². The molecule has 2 amide bonds. The van der Waals surface area contributed by atoms with E-state index < -0.39 is 0 Å². The maximum atomic E-state index is 11.7. The van der Waals surface area contributed by atoms with Crippen molar-refractivity contribution in [1.29, 1.82) is 0 Å². The standard InChI is InChI=1S/C16H19N5O/c22-16-17-6-7-20(16)14-8-18-21(12-14)15-10-19(11-15)9-13-4-2-1-3-5-13/h1-5,8,12,15H,6-7,9-11H2,(H,17,22). The lowest BCUT2D eigenvalue weighted by Crippen LogP contribution is -2.47. The lowest BCUT2D eigenvalue weighted by molar-refractivity contribution is 0.0909. The third-order valence-electron chi connectivity index (χ3n) is 4.32. The highest BCUT2D eigenvalue weighted by atomic mass is 16.2. The molecule has 1 aromatic heterocycles. The summed E-state index contributed by atoms with van der Waals surface area (Å²) in [6.45, 7) is 4.41. The van der Waals surface area contributed by atoms with Gasteiger partial charge in [-0.2, -0.15) is 5.10 Å². The quantitative estimate of drug-likeness (QED) is 0.930. The molecule has 0 aliphatic carbocycles. The first kappa shape index (κ1) is 13.3. The number of hydrogen-bond donors (Lipinski definition) is 1. The molecule has 4 rings (SSSR count). The van der Waals surface area contributed by atoms with E-state index in [1.54, 1.807) is 11.1 Å². The zero-order chi connectivity index (χ0) is 14.9. The molecular weight excluding hydrogens is 278 g/mol. The Kier molecular flexibility index (Phi) is 3.31. The van der Waals surface area contributed by atoms with Gasteiger partial charge in [-0.1, -0.05) is 30.3 Å². The molecule has 6 nitrogen and oxygen atoms in total. The molecule has 2 aromatic rings. The Morgan fingerprint density at radius 1 is 1.23 bits per heavy atom. The second-order valence-electron chi connectivity index (χ2n) is 5.90. The summed E-state index contributed by atoms with van der Waals surface area (Å²) >= 11 is 0. The number of nitrogens with one attached hydrogen (secondary N) is 1. The van der Waals surface area contributed by atoms with Crippen LogP contribution in [0.25, 0.3) is 0 Å². The Morgan fingerprint density at radius 2 is 2.05 bits per heavy atom. The van der Waals surface area contributed by atoms with Crippen molar-refractivity contribution in [3.63, 3.8) is 0 Å². The van der Waals surface area contributed by atoms with Gasteiger partial charge >= 0.3 is 6.03 Å². The van der Waals surface area contributed by atoms with Crippen LogP contribution in [0.15, 0.2) is 42.7 Å². The number of rotatable bonds is 4. The van der Waals surface area contributed by atoms with Gasteiger partial charge in [0.2, 0.25) is 0 Å². The lowest BCUT2D eigenvalue weighted by atomic mass is 10.1. The van der Waals surface area contributed by atoms with Gasteiger partial charge in [-0.3, -0.25) is 14.5 Å². The molecule has 22 heavy (non-hydrogen) atoms. The number of benzene rings is 1. The molecule has 0 bridgehead atoms. The van der Waals surface area contributed by atoms with Crippen LogP contribution in [-0.2, 0) is 6.54 Å². The van der Waals surface area contributed by atoms with Crippen LogP contribution in [0.4, 0.5) is 10.5 Å². The number of aromatic nitrogens is 2. The van der Waals surface area contributed by atoms with Crippen LogP contribution in [-0.4, -0.2) is 46.9 Å². The monoisotopic (exact) mass is 297 g/mol. The summed E-state index contributed by atoms with van der Waals surface area (Å²) < 4.78 is 1.99. The summed E-state index contributed by atoms with van der Waals surface area (Å²) in [5, 5.41) is 7.24. The summed E-state index contributed by atoms with van der Waals surface area (Å²) in [5.74, 6) is 0. The molecule has 0 spiro atoms. The summed E-state index contributed by atoms with van der Waals surface area (Å²) in [7, 11) is 0. The van der Waals surface area contributed by atoms with Gasteiger partial charge < -0.3 is 5.32 Å². The van der Waals surface area contributed by atoms with Crippen molar-refractivity contribution in [2.24, 2.45) is 0 Å². The van der Waals surface area contributed by atoms with E-state index >= 15 is 0 Å². The Morgan fingerprint density at radius 3 is 2.77 bits per heavy atom. The zero-order valence-corrected chi connectivity index (χ0v) is 12.4. The van der Waals surface area contributed by atoms with Crippen LogP contribution in [0.3, 0.4) is 0 Å². The van der Waals surface area contributed by atoms with Crippen LogP contribution >= 0.6 is 0 Å². The number of anilines is 1. The number of urea groups is 1. The maximum Gasteiger partial charge on any atom is 0.322 e. The van der Waals surface area contributed by atoms with Crippen LogP contribution in [0.5, 0.6) is 0 Å². The molecule has 2 aliphatic heterocycles. The van der Waals surface area contributed by atoms with Gasteiger partial charge in [0.1, 0.15) is 0 Å². The number of nitrogens with zero attached hydrogens (tertiary/aromatic N) is 4. The third-order valence-corrected chi connectivity index (χ3v) is 4.32. The van der Waals surface area contributed by atoms with Crippen molar-refractivity contribution < 1.29 is 4.79 Å². The molecule has 2 saturated heterocycles. The molecule has 3 heterocycles. The predicted octanol–water partition coefficient (Wildman–Crippen LogP) is 1.47. The Balaban J connectivity index is 1.35. The van der Waals surface area contributed by atoms with E-state index in [2.05, 4.69) is 39.6 Å². The van der Waals surface area contributed by atoms with E-state index in [1.165, 1.54) is 5.56 Å². The number of carbonyl (C=O) groups is 1. The predicted molar refractivity (Wildman–Crippen MR) is 83.7 cm³/mol. The fourth-order valence-electron chi connectivity index (χ4n) is 3.07. The minimum absolute atomic E-state index is 0.0288. The van der Waals surface area contributed by atoms with Gasteiger partial charge in [-0.25, -0.2) is 4.79 Å². The molecule has 1 aromatic carbocycles. The highest BCUT2D eigenvalue weighted by Gasteiger charge is 2.30. The Hall–Kier alpha value is -2.34. The van der Waals surface area contributed by atoms with Gasteiger partial charge in [0, 0.05) is 38.9 Å². The highest BCUT2D eigenvalue weighted by Crippen LogP contribution is 2.25. The maximum absolute atomic E-state index is 11.7. The molecular formula is C16H19N5O. The van der Waals surface area contributed by atoms with E-state index in [1.807, 2.05) is 16.9 Å². The van der Waals surface area contributed by atoms with E-state index in [0.29, 0.717) is 12.6 Å². The summed E-state index contributed by atoms with van der Waals surface area (Å²) in [6, 6.07) is 10.9. The van der Waals surface area contributed by atoms with Crippen molar-refractivity contribution in [3.8, 4) is 0 Å². The topological polar surface area (TPSA) is 53.4 Å². The molecule has 0 unspecified atom stereocenters. The fourth-order valence-corrected chi connectivity index (χ4v) is 3.07. The average Bonchev–Trinajstić information content (AvgIpc) is 3.12. The van der Waals surface area contributed by atoms with Crippen LogP contribution < -0.4 is 10.2 Å². The van der Waals surface area contributed by atoms with Crippen molar-refractivity contribution in [2.45, 2.75) is 12.6 Å². The second kappa shape index (κ2) is 5.46. The van der Waals surface area contributed by atoms with Gasteiger partial charge in [-0.05, 0) is 5.56 Å². The summed E-state index contributed by atoms with van der Waals surface area (Å²) in [5.41, 5.74) is 2.23. The molecule has 2 aliphatic rings. The number of likely N-dealkylation sites (tertiary alicyclic amines) is 1. The van der Waals surface area contributed by atoms with Gasteiger partial charge in [0.25, 0.3) is 0 Å². The van der Waals surface area contributed by atoms with Crippen molar-refractivity contribution in [1.82, 2.24) is 20.0 Å². The molecule has 6 heteroatoms. The first-order valence-corrected chi connectivity index (χ1v) is 7.65. The Labute approximate surface area is 129 Å². The van der Waals surface area contributed by atoms with Crippen molar-refractivity contribution in [3.05, 3.63) is 48.3 Å². The minimum Gasteiger partial charge on any atom is -0.336 e. The minimum atomic E-state index is -0.0288. The van der Waals surface area contributed by atoms with E-state index in [9.17, 15) is 4.79 Å². The van der Waals surface area contributed by atoms with Crippen LogP contribution in [0, 0.1) is 0 Å². The molecule has 0 saturated carbocycles. The molecule has 1 N–H and O–H groups in total. The normalized spacial score (nSPS) is 19.3. The smallest absolute Gasteiger partial charge is 0.322 e. The number of carbonyl (C=O) groups excluding carboxylic acids is 1. The fraction of sp³-hybridized carbons (Fsp3) is 0.375. The van der Waals surface area contributed by atoms with E-state index in [0.717, 1.165) is 31.9 Å². The van der Waals surface area contributed by atoms with Crippen molar-refractivity contribution >= 4 is 11.7 Å². The van der Waals surface area contributed by atoms with Crippen molar-refractivity contribution in [2.75, 3.05) is 31.1 Å². The van der Waals surface area contributed by atoms with E-state index in [-0.39, 0.29) is 6.03 Å². The summed E-state index contributed by atoms with van der Waals surface area (Å²) in [4.78, 5) is 15.8. The molecule has 0 radical (unpaired) electrons. The first-order chi connectivity index (χ1) is 10.8. The first-order valence-electron chi connectivity index (χ1n) is 7.65. The molecule has 2 fully saturated rings. The number of amides is 2. The van der Waals surface area contributed by atoms with Crippen LogP contribution in [0.1, 0.15) is 11.6 Å². The number of hydrogen-bond acceptors (Lipinski definition) is 3. The largest absolute Gasteiger partial charge is 0.336 e. The average molecular weight is 297 g/mol. The van der Waals surface area contributed by atoms with Gasteiger partial charge in [-0.15, -0.1) is 0 Å². The third kappa shape index (κ3) is 2.46. The van der Waals surface area contributed by atoms with E-state index in [4.69, 9.17) is 0 Å². The highest BCUT2D eigenvalue weighted by molar-refractivity contribution is 5.93. The van der Waals surface area contributed by atoms with Crippen LogP contribution in [0.2, 0.25) is 0 Å². The lowest BCUT2D eigenvalue weighted by Gasteiger charge is -2.39.